The van der Waals surface area contributed by atoms with E-state index in [2.05, 4.69) is 58.3 Å². The van der Waals surface area contributed by atoms with Crippen LogP contribution >= 0.6 is 15.9 Å². The predicted molar refractivity (Wildman–Crippen MR) is 78.1 cm³/mol. The number of hydrogen-bond donors (Lipinski definition) is 1. The highest BCUT2D eigenvalue weighted by atomic mass is 79.9. The lowest BCUT2D eigenvalue weighted by molar-refractivity contribution is 0.320. The first-order chi connectivity index (χ1) is 8.17. The highest BCUT2D eigenvalue weighted by Gasteiger charge is 2.04. The van der Waals surface area contributed by atoms with Gasteiger partial charge in [-0.15, -0.1) is 0 Å². The lowest BCUT2D eigenvalue weighted by Gasteiger charge is -2.17. The van der Waals surface area contributed by atoms with Crippen LogP contribution in [0, 0.1) is 0 Å². The SMILES string of the molecule is CCCCN(C)Cc1ccc(CNC)cc1Br. The molecule has 0 amide bonds. The lowest BCUT2D eigenvalue weighted by atomic mass is 10.1. The van der Waals surface area contributed by atoms with Gasteiger partial charge in [0.2, 0.25) is 0 Å². The molecular formula is C14H23BrN2. The summed E-state index contributed by atoms with van der Waals surface area (Å²) in [6, 6.07) is 6.63. The van der Waals surface area contributed by atoms with Gasteiger partial charge < -0.3 is 10.2 Å². The number of halogens is 1. The minimum atomic E-state index is 0.921. The quantitative estimate of drug-likeness (QED) is 0.830. The molecule has 0 aliphatic heterocycles. The Morgan fingerprint density at radius 1 is 1.35 bits per heavy atom. The summed E-state index contributed by atoms with van der Waals surface area (Å²) < 4.78 is 1.22. The first-order valence-electron chi connectivity index (χ1n) is 6.27. The number of rotatable bonds is 7. The van der Waals surface area contributed by atoms with E-state index < -0.39 is 0 Å². The van der Waals surface area contributed by atoms with Crippen molar-refractivity contribution in [3.05, 3.63) is 33.8 Å². The largest absolute Gasteiger partial charge is 0.316 e. The Morgan fingerprint density at radius 3 is 2.71 bits per heavy atom. The average Bonchev–Trinajstić information content (AvgIpc) is 2.30. The van der Waals surface area contributed by atoms with Crippen molar-refractivity contribution in [3.8, 4) is 0 Å². The maximum atomic E-state index is 3.66. The number of nitrogens with one attached hydrogen (secondary N) is 1. The minimum absolute atomic E-state index is 0.921. The van der Waals surface area contributed by atoms with E-state index in [-0.39, 0.29) is 0 Å². The van der Waals surface area contributed by atoms with Crippen LogP contribution in [0.4, 0.5) is 0 Å². The van der Waals surface area contributed by atoms with E-state index >= 15 is 0 Å². The zero-order valence-electron chi connectivity index (χ0n) is 11.1. The van der Waals surface area contributed by atoms with Gasteiger partial charge in [0.25, 0.3) is 0 Å². The van der Waals surface area contributed by atoms with Crippen LogP contribution in [-0.2, 0) is 13.1 Å². The molecule has 0 aliphatic rings. The molecule has 0 spiro atoms. The Morgan fingerprint density at radius 2 is 2.12 bits per heavy atom. The molecule has 0 aromatic heterocycles. The fourth-order valence-electron chi connectivity index (χ4n) is 1.83. The number of nitrogens with zero attached hydrogens (tertiary/aromatic N) is 1. The third-order valence-electron chi connectivity index (χ3n) is 2.83. The lowest BCUT2D eigenvalue weighted by Crippen LogP contribution is -2.19. The molecule has 0 heterocycles. The van der Waals surface area contributed by atoms with E-state index in [9.17, 15) is 0 Å². The van der Waals surface area contributed by atoms with Crippen molar-refractivity contribution < 1.29 is 0 Å². The van der Waals surface area contributed by atoms with Crippen LogP contribution in [0.2, 0.25) is 0 Å². The van der Waals surface area contributed by atoms with Crippen molar-refractivity contribution in [2.45, 2.75) is 32.9 Å². The molecule has 17 heavy (non-hydrogen) atoms. The van der Waals surface area contributed by atoms with Crippen LogP contribution in [0.3, 0.4) is 0 Å². The van der Waals surface area contributed by atoms with Crippen LogP contribution < -0.4 is 5.32 Å². The monoisotopic (exact) mass is 298 g/mol. The highest BCUT2D eigenvalue weighted by Crippen LogP contribution is 2.20. The van der Waals surface area contributed by atoms with Crippen molar-refractivity contribution in [1.29, 1.82) is 0 Å². The topological polar surface area (TPSA) is 15.3 Å². The van der Waals surface area contributed by atoms with E-state index in [1.165, 1.54) is 35.0 Å². The van der Waals surface area contributed by atoms with Gasteiger partial charge in [0.15, 0.2) is 0 Å². The van der Waals surface area contributed by atoms with Crippen molar-refractivity contribution in [1.82, 2.24) is 10.2 Å². The highest BCUT2D eigenvalue weighted by molar-refractivity contribution is 9.10. The van der Waals surface area contributed by atoms with Gasteiger partial charge in [0.05, 0.1) is 0 Å². The molecule has 1 N–H and O–H groups in total. The summed E-state index contributed by atoms with van der Waals surface area (Å²) in [5.74, 6) is 0. The smallest absolute Gasteiger partial charge is 0.0241 e. The minimum Gasteiger partial charge on any atom is -0.316 e. The van der Waals surface area contributed by atoms with E-state index in [4.69, 9.17) is 0 Å². The zero-order chi connectivity index (χ0) is 12.7. The van der Waals surface area contributed by atoms with E-state index in [1.807, 2.05) is 7.05 Å². The third kappa shape index (κ3) is 5.19. The molecule has 0 saturated heterocycles. The molecule has 0 radical (unpaired) electrons. The van der Waals surface area contributed by atoms with Gasteiger partial charge in [-0.1, -0.05) is 41.4 Å². The number of hydrogen-bond acceptors (Lipinski definition) is 2. The molecule has 1 aromatic carbocycles. The Kier molecular flexibility index (Phi) is 6.78. The summed E-state index contributed by atoms with van der Waals surface area (Å²) in [7, 11) is 4.16. The molecule has 3 heteroatoms. The second-order valence-electron chi connectivity index (χ2n) is 4.55. The van der Waals surface area contributed by atoms with Crippen LogP contribution in [-0.4, -0.2) is 25.5 Å². The summed E-state index contributed by atoms with van der Waals surface area (Å²) in [5, 5.41) is 3.17. The van der Waals surface area contributed by atoms with E-state index in [0.29, 0.717) is 0 Å². The first kappa shape index (κ1) is 14.7. The summed E-state index contributed by atoms with van der Waals surface area (Å²) >= 11 is 3.66. The molecule has 1 rings (SSSR count). The van der Waals surface area contributed by atoms with Crippen molar-refractivity contribution in [2.24, 2.45) is 0 Å². The summed E-state index contributed by atoms with van der Waals surface area (Å²) in [6.07, 6.45) is 2.53. The van der Waals surface area contributed by atoms with Gasteiger partial charge in [0.1, 0.15) is 0 Å². The van der Waals surface area contributed by atoms with Crippen LogP contribution in [0.25, 0.3) is 0 Å². The summed E-state index contributed by atoms with van der Waals surface area (Å²) in [4.78, 5) is 2.38. The zero-order valence-corrected chi connectivity index (χ0v) is 12.7. The maximum Gasteiger partial charge on any atom is 0.0241 e. The average molecular weight is 299 g/mol. The van der Waals surface area contributed by atoms with Crippen molar-refractivity contribution in [3.63, 3.8) is 0 Å². The Labute approximate surface area is 114 Å². The first-order valence-corrected chi connectivity index (χ1v) is 7.07. The molecular weight excluding hydrogens is 276 g/mol. The van der Waals surface area contributed by atoms with Gasteiger partial charge in [0, 0.05) is 17.6 Å². The van der Waals surface area contributed by atoms with Gasteiger partial charge >= 0.3 is 0 Å². The van der Waals surface area contributed by atoms with E-state index in [1.54, 1.807) is 0 Å². The predicted octanol–water partition coefficient (Wildman–Crippen LogP) is 3.40. The third-order valence-corrected chi connectivity index (χ3v) is 3.57. The molecule has 0 saturated carbocycles. The standard InChI is InChI=1S/C14H23BrN2/c1-4-5-8-17(3)11-13-7-6-12(10-16-2)9-14(13)15/h6-7,9,16H,4-5,8,10-11H2,1-3H3. The molecule has 0 atom stereocenters. The van der Waals surface area contributed by atoms with Gasteiger partial charge in [-0.25, -0.2) is 0 Å². The second kappa shape index (κ2) is 7.85. The molecule has 0 fully saturated rings. The molecule has 96 valence electrons. The second-order valence-corrected chi connectivity index (χ2v) is 5.40. The molecule has 0 bridgehead atoms. The summed E-state index contributed by atoms with van der Waals surface area (Å²) in [6.45, 7) is 5.34. The van der Waals surface area contributed by atoms with Gasteiger partial charge in [-0.3, -0.25) is 0 Å². The van der Waals surface area contributed by atoms with Crippen LogP contribution in [0.15, 0.2) is 22.7 Å². The molecule has 0 aliphatic carbocycles. The van der Waals surface area contributed by atoms with Crippen molar-refractivity contribution in [2.75, 3.05) is 20.6 Å². The normalized spacial score (nSPS) is 11.1. The molecule has 1 aromatic rings. The Hall–Kier alpha value is -0.380. The fraction of sp³-hybridized carbons (Fsp3) is 0.571. The number of unbranched alkanes of at least 4 members (excludes halogenated alkanes) is 1. The van der Waals surface area contributed by atoms with Crippen LogP contribution in [0.1, 0.15) is 30.9 Å². The van der Waals surface area contributed by atoms with E-state index in [0.717, 1.165) is 13.1 Å². The van der Waals surface area contributed by atoms with Gasteiger partial charge in [-0.05, 0) is 44.3 Å². The van der Waals surface area contributed by atoms with Gasteiger partial charge in [-0.2, -0.15) is 0 Å². The Bertz CT molecular complexity index is 339. The fourth-order valence-corrected chi connectivity index (χ4v) is 2.38. The van der Waals surface area contributed by atoms with Crippen LogP contribution in [0.5, 0.6) is 0 Å². The number of benzene rings is 1. The van der Waals surface area contributed by atoms with Crippen molar-refractivity contribution >= 4 is 15.9 Å². The Balaban J connectivity index is 2.59. The summed E-state index contributed by atoms with van der Waals surface area (Å²) in [5.41, 5.74) is 2.68. The molecule has 0 unspecified atom stereocenters. The molecule has 2 nitrogen and oxygen atoms in total. The maximum absolute atomic E-state index is 3.66.